The van der Waals surface area contributed by atoms with Gasteiger partial charge in [0.1, 0.15) is 5.82 Å². The standard InChI is InChI=1S/C15H7Cl3FN3O2/c16-7-4-5-8(10(18)6-7)14-21-22-15(24-14)20-13(23)12-9(17)2-1-3-11(12)19/h1-6H,(H,20,22,23). The molecule has 24 heavy (non-hydrogen) atoms. The summed E-state index contributed by atoms with van der Waals surface area (Å²) in [6, 6.07) is 8.39. The summed E-state index contributed by atoms with van der Waals surface area (Å²) >= 11 is 17.7. The van der Waals surface area contributed by atoms with Crippen molar-refractivity contribution in [2.24, 2.45) is 0 Å². The third-order valence-corrected chi connectivity index (χ3v) is 3.86. The lowest BCUT2D eigenvalue weighted by atomic mass is 10.2. The second-order valence-electron chi connectivity index (χ2n) is 4.59. The summed E-state index contributed by atoms with van der Waals surface area (Å²) in [5, 5.41) is 10.5. The van der Waals surface area contributed by atoms with Crippen molar-refractivity contribution in [1.29, 1.82) is 0 Å². The van der Waals surface area contributed by atoms with Gasteiger partial charge in [-0.15, -0.1) is 5.10 Å². The van der Waals surface area contributed by atoms with Gasteiger partial charge in [0.25, 0.3) is 11.8 Å². The summed E-state index contributed by atoms with van der Waals surface area (Å²) in [6.07, 6.45) is 0. The molecule has 0 unspecified atom stereocenters. The quantitative estimate of drug-likeness (QED) is 0.681. The van der Waals surface area contributed by atoms with Gasteiger partial charge in [-0.1, -0.05) is 46.0 Å². The summed E-state index contributed by atoms with van der Waals surface area (Å²) in [4.78, 5) is 12.1. The molecule has 0 saturated heterocycles. The van der Waals surface area contributed by atoms with E-state index in [0.29, 0.717) is 15.6 Å². The van der Waals surface area contributed by atoms with E-state index in [2.05, 4.69) is 15.5 Å². The van der Waals surface area contributed by atoms with Crippen molar-refractivity contribution < 1.29 is 13.6 Å². The van der Waals surface area contributed by atoms with Gasteiger partial charge in [-0.3, -0.25) is 10.1 Å². The molecular weight excluding hydrogens is 380 g/mol. The van der Waals surface area contributed by atoms with Crippen molar-refractivity contribution in [3.05, 3.63) is 62.8 Å². The first-order valence-corrected chi connectivity index (χ1v) is 7.63. The van der Waals surface area contributed by atoms with Crippen molar-refractivity contribution in [3.63, 3.8) is 0 Å². The normalized spacial score (nSPS) is 10.7. The number of amides is 1. The molecule has 0 atom stereocenters. The second-order valence-corrected chi connectivity index (χ2v) is 5.84. The zero-order chi connectivity index (χ0) is 17.3. The number of nitrogens with one attached hydrogen (secondary N) is 1. The molecule has 0 aliphatic heterocycles. The number of rotatable bonds is 3. The molecule has 9 heteroatoms. The molecule has 122 valence electrons. The summed E-state index contributed by atoms with van der Waals surface area (Å²) in [6.45, 7) is 0. The average Bonchev–Trinajstić information content (AvgIpc) is 2.95. The highest BCUT2D eigenvalue weighted by atomic mass is 35.5. The Morgan fingerprint density at radius 3 is 2.58 bits per heavy atom. The van der Waals surface area contributed by atoms with Gasteiger partial charge in [0, 0.05) is 5.02 Å². The van der Waals surface area contributed by atoms with Crippen LogP contribution in [0.4, 0.5) is 10.4 Å². The van der Waals surface area contributed by atoms with E-state index in [0.717, 1.165) is 6.07 Å². The van der Waals surface area contributed by atoms with Crippen molar-refractivity contribution in [2.45, 2.75) is 0 Å². The Morgan fingerprint density at radius 2 is 1.88 bits per heavy atom. The van der Waals surface area contributed by atoms with Crippen LogP contribution in [0.5, 0.6) is 0 Å². The summed E-state index contributed by atoms with van der Waals surface area (Å²) < 4.78 is 19.0. The smallest absolute Gasteiger partial charge is 0.322 e. The van der Waals surface area contributed by atoms with Crippen molar-refractivity contribution in [2.75, 3.05) is 5.32 Å². The van der Waals surface area contributed by atoms with E-state index >= 15 is 0 Å². The third kappa shape index (κ3) is 3.36. The Morgan fingerprint density at radius 1 is 1.08 bits per heavy atom. The lowest BCUT2D eigenvalue weighted by Gasteiger charge is -2.04. The van der Waals surface area contributed by atoms with Crippen LogP contribution in [0.25, 0.3) is 11.5 Å². The van der Waals surface area contributed by atoms with Crippen LogP contribution in [0, 0.1) is 5.82 Å². The van der Waals surface area contributed by atoms with Crippen LogP contribution in [0.2, 0.25) is 15.1 Å². The third-order valence-electron chi connectivity index (χ3n) is 3.00. The number of hydrogen-bond acceptors (Lipinski definition) is 4. The zero-order valence-electron chi connectivity index (χ0n) is 11.7. The number of carbonyl (C=O) groups excluding carboxylic acids is 1. The van der Waals surface area contributed by atoms with Gasteiger partial charge in [0.2, 0.25) is 0 Å². The van der Waals surface area contributed by atoms with E-state index in [1.54, 1.807) is 12.1 Å². The molecule has 0 radical (unpaired) electrons. The molecule has 3 aromatic rings. The molecule has 0 saturated carbocycles. The van der Waals surface area contributed by atoms with Gasteiger partial charge in [-0.25, -0.2) is 4.39 Å². The highest BCUT2D eigenvalue weighted by Gasteiger charge is 2.19. The number of hydrogen-bond donors (Lipinski definition) is 1. The van der Waals surface area contributed by atoms with E-state index < -0.39 is 11.7 Å². The van der Waals surface area contributed by atoms with Crippen LogP contribution >= 0.6 is 34.8 Å². The first kappa shape index (κ1) is 16.7. The number of anilines is 1. The van der Waals surface area contributed by atoms with Gasteiger partial charge in [-0.05, 0) is 30.3 Å². The van der Waals surface area contributed by atoms with Crippen LogP contribution in [-0.4, -0.2) is 16.1 Å². The number of aromatic nitrogens is 2. The topological polar surface area (TPSA) is 68.0 Å². The maximum atomic E-state index is 13.7. The molecule has 0 aliphatic carbocycles. The van der Waals surface area contributed by atoms with Crippen LogP contribution in [0.15, 0.2) is 40.8 Å². The van der Waals surface area contributed by atoms with Gasteiger partial charge in [0.05, 0.1) is 21.2 Å². The summed E-state index contributed by atoms with van der Waals surface area (Å²) in [5.74, 6) is -1.50. The van der Waals surface area contributed by atoms with Crippen LogP contribution in [0.1, 0.15) is 10.4 Å². The van der Waals surface area contributed by atoms with Gasteiger partial charge >= 0.3 is 6.01 Å². The molecule has 5 nitrogen and oxygen atoms in total. The Hall–Kier alpha value is -2.15. The van der Waals surface area contributed by atoms with Crippen LogP contribution < -0.4 is 5.32 Å². The van der Waals surface area contributed by atoms with E-state index in [9.17, 15) is 9.18 Å². The molecule has 0 fully saturated rings. The Bertz CT molecular complexity index is 910. The number of nitrogens with zero attached hydrogens (tertiary/aromatic N) is 2. The molecule has 1 heterocycles. The highest BCUT2D eigenvalue weighted by molar-refractivity contribution is 6.36. The summed E-state index contributed by atoms with van der Waals surface area (Å²) in [5.41, 5.74) is 0.126. The monoisotopic (exact) mass is 385 g/mol. The van der Waals surface area contributed by atoms with Crippen molar-refractivity contribution >= 4 is 46.7 Å². The minimum Gasteiger partial charge on any atom is -0.403 e. The molecule has 2 aromatic carbocycles. The predicted octanol–water partition coefficient (Wildman–Crippen LogP) is 5.09. The minimum absolute atomic E-state index is 0.0343. The molecule has 1 amide bonds. The molecule has 1 N–H and O–H groups in total. The zero-order valence-corrected chi connectivity index (χ0v) is 14.0. The van der Waals surface area contributed by atoms with E-state index in [4.69, 9.17) is 39.2 Å². The number of halogens is 4. The Labute approximate surface area is 150 Å². The average molecular weight is 387 g/mol. The fraction of sp³-hybridized carbons (Fsp3) is 0. The van der Waals surface area contributed by atoms with Crippen molar-refractivity contribution in [3.8, 4) is 11.5 Å². The fourth-order valence-electron chi connectivity index (χ4n) is 1.92. The number of benzene rings is 2. The van der Waals surface area contributed by atoms with Gasteiger partial charge in [0.15, 0.2) is 0 Å². The van der Waals surface area contributed by atoms with Gasteiger partial charge in [-0.2, -0.15) is 0 Å². The SMILES string of the molecule is O=C(Nc1nnc(-c2ccc(Cl)cc2Cl)o1)c1c(F)cccc1Cl. The lowest BCUT2D eigenvalue weighted by Crippen LogP contribution is -2.14. The molecule has 0 aliphatic rings. The van der Waals surface area contributed by atoms with Crippen LogP contribution in [-0.2, 0) is 0 Å². The fourth-order valence-corrected chi connectivity index (χ4v) is 2.66. The predicted molar refractivity (Wildman–Crippen MR) is 89.1 cm³/mol. The second kappa shape index (κ2) is 6.76. The van der Waals surface area contributed by atoms with E-state index in [1.807, 2.05) is 0 Å². The maximum absolute atomic E-state index is 13.7. The Balaban J connectivity index is 1.85. The van der Waals surface area contributed by atoms with Crippen molar-refractivity contribution in [1.82, 2.24) is 10.2 Å². The molecule has 0 spiro atoms. The first-order valence-electron chi connectivity index (χ1n) is 6.50. The minimum atomic E-state index is -0.810. The van der Waals surface area contributed by atoms with Gasteiger partial charge < -0.3 is 4.42 Å². The van der Waals surface area contributed by atoms with E-state index in [-0.39, 0.29) is 22.5 Å². The maximum Gasteiger partial charge on any atom is 0.322 e. The molecule has 0 bridgehead atoms. The summed E-state index contributed by atoms with van der Waals surface area (Å²) in [7, 11) is 0. The Kier molecular flexibility index (Phi) is 4.71. The highest BCUT2D eigenvalue weighted by Crippen LogP contribution is 2.30. The van der Waals surface area contributed by atoms with Crippen LogP contribution in [0.3, 0.4) is 0 Å². The molecular formula is C15H7Cl3FN3O2. The van der Waals surface area contributed by atoms with E-state index in [1.165, 1.54) is 18.2 Å². The lowest BCUT2D eigenvalue weighted by molar-refractivity contribution is 0.102. The molecule has 1 aromatic heterocycles. The largest absolute Gasteiger partial charge is 0.403 e. The first-order chi connectivity index (χ1) is 11.5. The molecule has 3 rings (SSSR count). The number of carbonyl (C=O) groups is 1.